The summed E-state index contributed by atoms with van der Waals surface area (Å²) < 4.78 is 0. The number of carboxylic acids is 1. The van der Waals surface area contributed by atoms with Gasteiger partial charge in [0.25, 0.3) is 0 Å². The smallest absolute Gasteiger partial charge is 0.320 e. The van der Waals surface area contributed by atoms with Gasteiger partial charge in [-0.05, 0) is 26.7 Å². The van der Waals surface area contributed by atoms with Gasteiger partial charge in [-0.25, -0.2) is 4.79 Å². The second kappa shape index (κ2) is 6.58. The normalized spacial score (nSPS) is 19.3. The summed E-state index contributed by atoms with van der Waals surface area (Å²) in [6.07, 6.45) is 0.712. The van der Waals surface area contributed by atoms with Gasteiger partial charge < -0.3 is 20.0 Å². The van der Waals surface area contributed by atoms with E-state index >= 15 is 0 Å². The number of carboxylic acid groups (broad SMARTS) is 1. The number of nitrogens with zero attached hydrogens (tertiary/aromatic N) is 2. The Kier molecular flexibility index (Phi) is 5.40. The highest BCUT2D eigenvalue weighted by Gasteiger charge is 2.29. The molecule has 0 aromatic rings. The van der Waals surface area contributed by atoms with Crippen LogP contribution in [0.15, 0.2) is 0 Å². The van der Waals surface area contributed by atoms with Crippen molar-refractivity contribution in [2.45, 2.75) is 45.3 Å². The number of carbonyl (C=O) groups is 2. The van der Waals surface area contributed by atoms with E-state index in [0.29, 0.717) is 32.5 Å². The van der Waals surface area contributed by atoms with Crippen LogP contribution in [0.5, 0.6) is 0 Å². The highest BCUT2D eigenvalue weighted by molar-refractivity contribution is 5.75. The monoisotopic (exact) mass is 258 g/mol. The van der Waals surface area contributed by atoms with Crippen molar-refractivity contribution >= 4 is 12.0 Å². The van der Waals surface area contributed by atoms with Crippen LogP contribution >= 0.6 is 0 Å². The number of aliphatic hydroxyl groups is 1. The molecular weight excluding hydrogens is 236 g/mol. The van der Waals surface area contributed by atoms with Gasteiger partial charge in [0.1, 0.15) is 0 Å². The second-order valence-electron chi connectivity index (χ2n) is 4.96. The number of β-amino-alcohol motifs (C(OH)–C–C–N with tert-alkyl or cyclic N) is 1. The summed E-state index contributed by atoms with van der Waals surface area (Å²) in [5, 5.41) is 18.0. The van der Waals surface area contributed by atoms with Gasteiger partial charge in [-0.3, -0.25) is 4.79 Å². The summed E-state index contributed by atoms with van der Waals surface area (Å²) in [6.45, 7) is 5.20. The van der Waals surface area contributed by atoms with E-state index < -0.39 is 12.1 Å². The van der Waals surface area contributed by atoms with E-state index in [9.17, 15) is 14.7 Å². The maximum absolute atomic E-state index is 12.2. The largest absolute Gasteiger partial charge is 0.481 e. The molecule has 6 nitrogen and oxygen atoms in total. The molecule has 18 heavy (non-hydrogen) atoms. The number of likely N-dealkylation sites (tertiary alicyclic amines) is 1. The fourth-order valence-electron chi connectivity index (χ4n) is 2.07. The van der Waals surface area contributed by atoms with Crippen LogP contribution in [0.25, 0.3) is 0 Å². The Labute approximate surface area is 107 Å². The van der Waals surface area contributed by atoms with E-state index in [0.717, 1.165) is 0 Å². The zero-order chi connectivity index (χ0) is 13.7. The molecule has 0 aromatic heterocycles. The topological polar surface area (TPSA) is 81.1 Å². The molecule has 1 heterocycles. The van der Waals surface area contributed by atoms with Crippen LogP contribution in [0.1, 0.15) is 33.1 Å². The van der Waals surface area contributed by atoms with Crippen LogP contribution in [0, 0.1) is 0 Å². The number of aliphatic hydroxyl groups excluding tert-OH is 1. The zero-order valence-corrected chi connectivity index (χ0v) is 11.0. The number of amides is 2. The van der Waals surface area contributed by atoms with E-state index in [4.69, 9.17) is 5.11 Å². The Morgan fingerprint density at radius 1 is 1.44 bits per heavy atom. The molecular formula is C12H22N2O4. The predicted molar refractivity (Wildman–Crippen MR) is 66.3 cm³/mol. The Morgan fingerprint density at radius 3 is 2.56 bits per heavy atom. The number of hydrogen-bond acceptors (Lipinski definition) is 3. The molecule has 1 aliphatic rings. The third-order valence-electron chi connectivity index (χ3n) is 3.09. The fraction of sp³-hybridized carbons (Fsp3) is 0.833. The molecule has 1 aliphatic heterocycles. The Hall–Kier alpha value is -1.30. The molecule has 1 rings (SSSR count). The first-order valence-corrected chi connectivity index (χ1v) is 6.37. The van der Waals surface area contributed by atoms with Gasteiger partial charge >= 0.3 is 12.0 Å². The summed E-state index contributed by atoms with van der Waals surface area (Å²) in [5.41, 5.74) is 0. The van der Waals surface area contributed by atoms with Crippen molar-refractivity contribution in [2.24, 2.45) is 0 Å². The van der Waals surface area contributed by atoms with Crippen LogP contribution in [0.4, 0.5) is 4.79 Å². The molecule has 2 amide bonds. The first-order chi connectivity index (χ1) is 8.41. The summed E-state index contributed by atoms with van der Waals surface area (Å²) >= 11 is 0. The molecule has 0 radical (unpaired) electrons. The Morgan fingerprint density at radius 2 is 2.11 bits per heavy atom. The molecule has 1 fully saturated rings. The third-order valence-corrected chi connectivity index (χ3v) is 3.09. The van der Waals surface area contributed by atoms with Crippen molar-refractivity contribution in [3.05, 3.63) is 0 Å². The van der Waals surface area contributed by atoms with Crippen LogP contribution in [0.3, 0.4) is 0 Å². The molecule has 2 N–H and O–H groups in total. The first kappa shape index (κ1) is 14.8. The third kappa shape index (κ3) is 4.18. The lowest BCUT2D eigenvalue weighted by Crippen LogP contribution is -2.46. The summed E-state index contributed by atoms with van der Waals surface area (Å²) in [5.74, 6) is -0.845. The standard InChI is InChI=1S/C12H22N2O4/c1-9(2)14(6-3-4-11(16)17)12(18)13-7-5-10(15)8-13/h9-10,15H,3-8H2,1-2H3,(H,16,17). The highest BCUT2D eigenvalue weighted by Crippen LogP contribution is 2.14. The first-order valence-electron chi connectivity index (χ1n) is 6.37. The van der Waals surface area contributed by atoms with E-state index in [1.807, 2.05) is 13.8 Å². The van der Waals surface area contributed by atoms with Crippen molar-refractivity contribution < 1.29 is 19.8 Å². The van der Waals surface area contributed by atoms with E-state index in [-0.39, 0.29) is 18.5 Å². The number of rotatable bonds is 5. The second-order valence-corrected chi connectivity index (χ2v) is 4.96. The molecule has 1 unspecified atom stereocenters. The van der Waals surface area contributed by atoms with E-state index in [1.54, 1.807) is 9.80 Å². The average molecular weight is 258 g/mol. The lowest BCUT2D eigenvalue weighted by molar-refractivity contribution is -0.137. The molecule has 1 atom stereocenters. The SMILES string of the molecule is CC(C)N(CCCC(=O)O)C(=O)N1CCC(O)C1. The van der Waals surface area contributed by atoms with E-state index in [2.05, 4.69) is 0 Å². The maximum Gasteiger partial charge on any atom is 0.320 e. The van der Waals surface area contributed by atoms with Crippen LogP contribution < -0.4 is 0 Å². The van der Waals surface area contributed by atoms with Crippen molar-refractivity contribution in [1.82, 2.24) is 9.80 Å². The van der Waals surface area contributed by atoms with Crippen molar-refractivity contribution in [3.8, 4) is 0 Å². The molecule has 104 valence electrons. The van der Waals surface area contributed by atoms with Crippen molar-refractivity contribution in [1.29, 1.82) is 0 Å². The van der Waals surface area contributed by atoms with Gasteiger partial charge in [-0.1, -0.05) is 0 Å². The van der Waals surface area contributed by atoms with Crippen LogP contribution in [-0.2, 0) is 4.79 Å². The van der Waals surface area contributed by atoms with Crippen LogP contribution in [-0.4, -0.2) is 63.8 Å². The van der Waals surface area contributed by atoms with Crippen molar-refractivity contribution in [3.63, 3.8) is 0 Å². The number of urea groups is 1. The maximum atomic E-state index is 12.2. The predicted octanol–water partition coefficient (Wildman–Crippen LogP) is 0.748. The fourth-order valence-corrected chi connectivity index (χ4v) is 2.07. The van der Waals surface area contributed by atoms with Crippen molar-refractivity contribution in [2.75, 3.05) is 19.6 Å². The minimum Gasteiger partial charge on any atom is -0.481 e. The molecule has 0 saturated carbocycles. The minimum absolute atomic E-state index is 0.0315. The number of carbonyl (C=O) groups excluding carboxylic acids is 1. The van der Waals surface area contributed by atoms with Gasteiger partial charge in [-0.2, -0.15) is 0 Å². The number of hydrogen-bond donors (Lipinski definition) is 2. The molecule has 6 heteroatoms. The molecule has 0 bridgehead atoms. The van der Waals surface area contributed by atoms with Gasteiger partial charge in [0.2, 0.25) is 0 Å². The Bertz CT molecular complexity index is 306. The Balaban J connectivity index is 2.50. The number of aliphatic carboxylic acids is 1. The van der Waals surface area contributed by atoms with Crippen LogP contribution in [0.2, 0.25) is 0 Å². The molecule has 0 aromatic carbocycles. The van der Waals surface area contributed by atoms with Gasteiger partial charge in [-0.15, -0.1) is 0 Å². The van der Waals surface area contributed by atoms with Gasteiger partial charge in [0.15, 0.2) is 0 Å². The molecule has 1 saturated heterocycles. The summed E-state index contributed by atoms with van der Waals surface area (Å²) in [6, 6.07) is -0.0732. The van der Waals surface area contributed by atoms with Gasteiger partial charge in [0.05, 0.1) is 6.10 Å². The summed E-state index contributed by atoms with van der Waals surface area (Å²) in [7, 11) is 0. The molecule has 0 spiro atoms. The quantitative estimate of drug-likeness (QED) is 0.762. The lowest BCUT2D eigenvalue weighted by Gasteiger charge is -2.31. The summed E-state index contributed by atoms with van der Waals surface area (Å²) in [4.78, 5) is 26.0. The highest BCUT2D eigenvalue weighted by atomic mass is 16.4. The zero-order valence-electron chi connectivity index (χ0n) is 11.0. The van der Waals surface area contributed by atoms with E-state index in [1.165, 1.54) is 0 Å². The lowest BCUT2D eigenvalue weighted by atomic mass is 10.2. The van der Waals surface area contributed by atoms with Gasteiger partial charge in [0, 0.05) is 32.1 Å². The molecule has 0 aliphatic carbocycles. The average Bonchev–Trinajstić information content (AvgIpc) is 2.69. The minimum atomic E-state index is -0.845.